The lowest BCUT2D eigenvalue weighted by atomic mass is 9.36. The molecule has 11 aromatic carbocycles. The van der Waals surface area contributed by atoms with Crippen LogP contribution in [-0.2, 0) is 16.2 Å². The summed E-state index contributed by atoms with van der Waals surface area (Å²) < 4.78 is 99.8. The number of nitrogens with zero attached hydrogens (tertiary/aromatic N) is 3. The van der Waals surface area contributed by atoms with E-state index < -0.39 is 43.0 Å². The van der Waals surface area contributed by atoms with E-state index in [2.05, 4.69) is 192 Å². The summed E-state index contributed by atoms with van der Waals surface area (Å²) in [4.78, 5) is 6.87. The zero-order valence-electron chi connectivity index (χ0n) is 59.6. The van der Waals surface area contributed by atoms with Crippen molar-refractivity contribution in [2.45, 2.75) is 78.6 Å². The van der Waals surface area contributed by atoms with Gasteiger partial charge < -0.3 is 19.1 Å². The number of anilines is 9. The number of hydrogen-bond donors (Lipinski definition) is 0. The predicted molar refractivity (Wildman–Crippen MR) is 370 cm³/mol. The van der Waals surface area contributed by atoms with E-state index in [1.807, 2.05) is 72.8 Å². The number of benzene rings is 11. The SMILES string of the molecule is [2H]c1c([2H])c([2H])c(-c2cc3c4c(c2)N(c2ccc5oc6ccccc6c5c2)c2c(sc5ccc(-c6c([2H])c([2H])c([2H])c([2H])c6[2H])cc25)B4c2ccc(N(c4ccc(C(C)(C)C)cc4)c4ccc(C(C)(C)C)cc4)cc2N3c2ccc(C(C)(C)C)cc2-c2ccccc2)c([2H])c1[2H]. The van der Waals surface area contributed by atoms with Gasteiger partial charge in [-0.1, -0.05) is 214 Å². The van der Waals surface area contributed by atoms with Crippen LogP contribution in [0.2, 0.25) is 0 Å². The molecule has 0 N–H and O–H groups in total. The van der Waals surface area contributed by atoms with Crippen LogP contribution in [0.1, 0.15) is 92.7 Å². The topological polar surface area (TPSA) is 22.9 Å². The molecule has 418 valence electrons. The quantitative estimate of drug-likeness (QED) is 0.141. The van der Waals surface area contributed by atoms with E-state index in [1.165, 1.54) is 11.1 Å². The summed E-state index contributed by atoms with van der Waals surface area (Å²) >= 11 is 1.64. The van der Waals surface area contributed by atoms with Crippen LogP contribution in [0.25, 0.3) is 65.4 Å². The van der Waals surface area contributed by atoms with Crippen LogP contribution in [0.3, 0.4) is 0 Å². The maximum atomic E-state index is 9.75. The highest BCUT2D eigenvalue weighted by molar-refractivity contribution is 7.33. The summed E-state index contributed by atoms with van der Waals surface area (Å²) in [5.41, 5.74) is 16.6. The highest BCUT2D eigenvalue weighted by atomic mass is 32.1. The third-order valence-electron chi connectivity index (χ3n) is 17.3. The van der Waals surface area contributed by atoms with Gasteiger partial charge in [-0.3, -0.25) is 0 Å². The molecule has 0 radical (unpaired) electrons. The van der Waals surface area contributed by atoms with Crippen molar-refractivity contribution in [2.24, 2.45) is 0 Å². The molecule has 0 saturated heterocycles. The van der Waals surface area contributed by atoms with Crippen LogP contribution in [0.5, 0.6) is 0 Å². The summed E-state index contributed by atoms with van der Waals surface area (Å²) in [5.74, 6) is 0. The maximum absolute atomic E-state index is 9.75. The number of para-hydroxylation sites is 1. The molecule has 0 aliphatic carbocycles. The van der Waals surface area contributed by atoms with Gasteiger partial charge in [0.15, 0.2) is 0 Å². The highest BCUT2D eigenvalue weighted by Crippen LogP contribution is 2.53. The van der Waals surface area contributed by atoms with E-state index in [9.17, 15) is 8.22 Å². The molecule has 0 bridgehead atoms. The largest absolute Gasteiger partial charge is 0.456 e. The summed E-state index contributed by atoms with van der Waals surface area (Å²) in [5, 5.41) is 2.52. The standard InChI is InChI=1S/C80H68BN3OS/c1-78(2,3)56-30-35-59(36-31-56)82(60-37-32-57(33-38-60)79(4,5)6)62-39-41-67-69(50-62)84(68-42-34-58(80(7,8)9)48-64(68)53-25-17-12-18-26-53)71-47-55(52-23-15-11-16-24-52)46-70-75(71)81(67)77-76(66-45-54(29-44-74(66)86-77)51-21-13-10-14-22-51)83(70)61-40-43-73-65(49-61)63-27-19-20-28-72(63)85-73/h10-50H,1-9H3/i10D,11D,13D,14D,15D,16D,21D,22D,23D,24D. The van der Waals surface area contributed by atoms with E-state index in [0.29, 0.717) is 22.4 Å². The number of rotatable bonds is 8. The third-order valence-corrected chi connectivity index (χ3v) is 18.5. The maximum Gasteiger partial charge on any atom is 0.264 e. The van der Waals surface area contributed by atoms with Crippen molar-refractivity contribution in [1.82, 2.24) is 0 Å². The van der Waals surface area contributed by atoms with Crippen molar-refractivity contribution in [3.8, 4) is 33.4 Å². The molecule has 4 heterocycles. The Morgan fingerprint density at radius 1 is 0.419 bits per heavy atom. The first kappa shape index (κ1) is 43.3. The predicted octanol–water partition coefficient (Wildman–Crippen LogP) is 21.2. The van der Waals surface area contributed by atoms with E-state index >= 15 is 0 Å². The lowest BCUT2D eigenvalue weighted by molar-refractivity contribution is 0.590. The van der Waals surface area contributed by atoms with Crippen molar-refractivity contribution >= 4 is 117 Å². The molecule has 0 unspecified atom stereocenters. The second-order valence-corrected chi connectivity index (χ2v) is 26.9. The fourth-order valence-corrected chi connectivity index (χ4v) is 14.1. The number of thiophene rings is 1. The Balaban J connectivity index is 1.11. The Morgan fingerprint density at radius 2 is 1.00 bits per heavy atom. The minimum absolute atomic E-state index is 0.0340. The van der Waals surface area contributed by atoms with Crippen LogP contribution < -0.4 is 30.4 Å². The molecule has 0 amide bonds. The van der Waals surface area contributed by atoms with Crippen LogP contribution in [0.15, 0.2) is 253 Å². The van der Waals surface area contributed by atoms with E-state index in [4.69, 9.17) is 9.90 Å². The lowest BCUT2D eigenvalue weighted by Gasteiger charge is -2.44. The third kappa shape index (κ3) is 9.04. The molecule has 0 fully saturated rings. The molecule has 4 nitrogen and oxygen atoms in total. The van der Waals surface area contributed by atoms with Crippen LogP contribution >= 0.6 is 11.3 Å². The van der Waals surface area contributed by atoms with Crippen molar-refractivity contribution in [1.29, 1.82) is 0 Å². The van der Waals surface area contributed by atoms with Gasteiger partial charge in [-0.2, -0.15) is 0 Å². The van der Waals surface area contributed by atoms with E-state index in [-0.39, 0.29) is 51.5 Å². The molecular weight excluding hydrogens is 1060 g/mol. The summed E-state index contributed by atoms with van der Waals surface area (Å²) in [6.45, 7) is 19.5. The molecule has 0 saturated carbocycles. The molecule has 15 rings (SSSR count). The van der Waals surface area contributed by atoms with Gasteiger partial charge in [-0.15, -0.1) is 11.3 Å². The molecule has 2 aliphatic rings. The Labute approximate surface area is 524 Å². The van der Waals surface area contributed by atoms with Gasteiger partial charge in [0, 0.05) is 71.0 Å². The Bertz CT molecular complexity index is 5280. The van der Waals surface area contributed by atoms with Crippen LogP contribution in [0.4, 0.5) is 51.2 Å². The first-order valence-electron chi connectivity index (χ1n) is 34.4. The zero-order valence-corrected chi connectivity index (χ0v) is 50.4. The summed E-state index contributed by atoms with van der Waals surface area (Å²) in [7, 11) is 0. The molecule has 13 aromatic rings. The number of furan rings is 1. The second kappa shape index (κ2) is 20.1. The highest BCUT2D eigenvalue weighted by Gasteiger charge is 2.46. The Morgan fingerprint density at radius 3 is 1.65 bits per heavy atom. The number of hydrogen-bond acceptors (Lipinski definition) is 5. The van der Waals surface area contributed by atoms with Crippen molar-refractivity contribution < 1.29 is 18.1 Å². The van der Waals surface area contributed by atoms with Gasteiger partial charge >= 0.3 is 0 Å². The van der Waals surface area contributed by atoms with E-state index in [1.54, 1.807) is 11.3 Å². The Hall–Kier alpha value is -9.36. The van der Waals surface area contributed by atoms with Gasteiger partial charge in [0.2, 0.25) is 0 Å². The van der Waals surface area contributed by atoms with Crippen molar-refractivity contribution in [3.63, 3.8) is 0 Å². The fraction of sp³-hybridized carbons (Fsp3) is 0.150. The molecule has 6 heteroatoms. The monoisotopic (exact) mass is 1140 g/mol. The molecular formula is C80H68BN3OS. The van der Waals surface area contributed by atoms with Gasteiger partial charge in [-0.05, 0) is 169 Å². The first-order chi connectivity index (χ1) is 45.7. The number of fused-ring (bicyclic) bond motifs is 9. The van der Waals surface area contributed by atoms with Gasteiger partial charge in [0.1, 0.15) is 11.2 Å². The molecule has 0 atom stereocenters. The normalized spacial score (nSPS) is 14.7. The van der Waals surface area contributed by atoms with Gasteiger partial charge in [0.25, 0.3) is 6.71 Å². The zero-order chi connectivity index (χ0) is 67.5. The summed E-state index contributed by atoms with van der Waals surface area (Å²) in [6, 6.07) is 61.2. The fourth-order valence-electron chi connectivity index (χ4n) is 12.8. The molecule has 86 heavy (non-hydrogen) atoms. The van der Waals surface area contributed by atoms with Crippen molar-refractivity contribution in [3.05, 3.63) is 265 Å². The smallest absolute Gasteiger partial charge is 0.264 e. The van der Waals surface area contributed by atoms with Crippen LogP contribution in [0, 0.1) is 0 Å². The average Bonchev–Trinajstić information content (AvgIpc) is 1.24. The molecule has 2 aromatic heterocycles. The average molecular weight is 1140 g/mol. The van der Waals surface area contributed by atoms with Gasteiger partial charge in [-0.25, -0.2) is 0 Å². The minimum Gasteiger partial charge on any atom is -0.456 e. The second-order valence-electron chi connectivity index (χ2n) is 25.9. The van der Waals surface area contributed by atoms with E-state index in [0.717, 1.165) is 104 Å². The van der Waals surface area contributed by atoms with Gasteiger partial charge in [0.05, 0.1) is 25.1 Å². The first-order valence-corrected chi connectivity index (χ1v) is 30.2. The summed E-state index contributed by atoms with van der Waals surface area (Å²) in [6.07, 6.45) is 0. The minimum atomic E-state index is -0.518. The van der Waals surface area contributed by atoms with Crippen LogP contribution in [-0.4, -0.2) is 6.71 Å². The Kier molecular flexibility index (Phi) is 10.1. The molecule has 0 spiro atoms. The van der Waals surface area contributed by atoms with Crippen molar-refractivity contribution in [2.75, 3.05) is 14.7 Å². The lowest BCUT2D eigenvalue weighted by Crippen LogP contribution is -2.60. The molecule has 2 aliphatic heterocycles.